The van der Waals surface area contributed by atoms with Crippen molar-refractivity contribution < 1.29 is 18.7 Å². The lowest BCUT2D eigenvalue weighted by molar-refractivity contribution is -0.120. The molecule has 2 atom stereocenters. The second-order valence-electron chi connectivity index (χ2n) is 10.0. The quantitative estimate of drug-likeness (QED) is 0.213. The van der Waals surface area contributed by atoms with E-state index >= 15 is 0 Å². The van der Waals surface area contributed by atoms with E-state index < -0.39 is 5.82 Å². The number of hydrogen-bond acceptors (Lipinski definition) is 6. The third kappa shape index (κ3) is 6.67. The summed E-state index contributed by atoms with van der Waals surface area (Å²) in [6.45, 7) is 2.76. The first-order valence-electron chi connectivity index (χ1n) is 13.3. The maximum Gasteiger partial charge on any atom is 0.248 e. The van der Waals surface area contributed by atoms with Gasteiger partial charge in [-0.1, -0.05) is 48.0 Å². The Balaban J connectivity index is 1.30. The summed E-state index contributed by atoms with van der Waals surface area (Å²) in [5, 5.41) is 5.32. The first kappa shape index (κ1) is 27.8. The number of nitrogen functional groups attached to an aromatic ring is 1. The number of hydrogen-bond donors (Lipinski definition) is 3. The van der Waals surface area contributed by atoms with Gasteiger partial charge >= 0.3 is 0 Å². The fraction of sp³-hybridized carbons (Fsp3) is 0.300. The average molecular weight is 564 g/mol. The van der Waals surface area contributed by atoms with Gasteiger partial charge in [0, 0.05) is 44.3 Å². The van der Waals surface area contributed by atoms with Crippen LogP contribution in [0.3, 0.4) is 0 Å². The molecule has 8 nitrogen and oxygen atoms in total. The van der Waals surface area contributed by atoms with Crippen LogP contribution in [0.15, 0.2) is 66.7 Å². The van der Waals surface area contributed by atoms with Crippen LogP contribution in [0.25, 0.3) is 6.08 Å². The molecule has 0 aliphatic carbocycles. The second kappa shape index (κ2) is 12.6. The third-order valence-corrected chi connectivity index (χ3v) is 7.72. The van der Waals surface area contributed by atoms with Crippen LogP contribution in [-0.2, 0) is 14.3 Å². The molecule has 2 aliphatic heterocycles. The molecular formula is C30H31ClFN5O3. The van der Waals surface area contributed by atoms with Crippen molar-refractivity contribution >= 4 is 46.7 Å². The first-order valence-corrected chi connectivity index (χ1v) is 13.6. The number of rotatable bonds is 7. The highest BCUT2D eigenvalue weighted by molar-refractivity contribution is 6.29. The minimum atomic E-state index is -0.639. The van der Waals surface area contributed by atoms with E-state index in [2.05, 4.69) is 20.5 Å². The highest BCUT2D eigenvalue weighted by atomic mass is 35.5. The van der Waals surface area contributed by atoms with Gasteiger partial charge in [-0.2, -0.15) is 0 Å². The Morgan fingerprint density at radius 2 is 1.77 bits per heavy atom. The molecule has 10 heteroatoms. The lowest BCUT2D eigenvalue weighted by Crippen LogP contribution is -2.38. The van der Waals surface area contributed by atoms with Crippen LogP contribution in [0.5, 0.6) is 0 Å². The molecular weight excluding hydrogens is 533 g/mol. The van der Waals surface area contributed by atoms with Gasteiger partial charge in [0.25, 0.3) is 0 Å². The topological polar surface area (TPSA) is 110 Å². The summed E-state index contributed by atoms with van der Waals surface area (Å²) in [6.07, 6.45) is 5.05. The number of nitrogens with one attached hydrogen (secondary N) is 2. The lowest BCUT2D eigenvalue weighted by Gasteiger charge is -2.31. The fourth-order valence-corrected chi connectivity index (χ4v) is 5.46. The number of ether oxygens (including phenoxy) is 1. The van der Waals surface area contributed by atoms with Crippen LogP contribution in [0.4, 0.5) is 21.6 Å². The number of aromatic nitrogens is 1. The molecule has 208 valence electrons. The van der Waals surface area contributed by atoms with Gasteiger partial charge < -0.3 is 21.1 Å². The molecule has 2 saturated heterocycles. The molecule has 2 aliphatic rings. The van der Waals surface area contributed by atoms with Gasteiger partial charge in [0.1, 0.15) is 5.82 Å². The summed E-state index contributed by atoms with van der Waals surface area (Å²) < 4.78 is 19.1. The Labute approximate surface area is 237 Å². The number of pyridine rings is 1. The monoisotopic (exact) mass is 563 g/mol. The highest BCUT2D eigenvalue weighted by Crippen LogP contribution is 2.36. The summed E-state index contributed by atoms with van der Waals surface area (Å²) in [5.41, 5.74) is 8.83. The maximum absolute atomic E-state index is 13.6. The zero-order valence-corrected chi connectivity index (χ0v) is 22.6. The van der Waals surface area contributed by atoms with E-state index in [0.717, 1.165) is 30.5 Å². The van der Waals surface area contributed by atoms with Crippen LogP contribution >= 0.6 is 11.6 Å². The van der Waals surface area contributed by atoms with Crippen LogP contribution in [-0.4, -0.2) is 54.0 Å². The van der Waals surface area contributed by atoms with Crippen molar-refractivity contribution in [1.82, 2.24) is 9.88 Å². The van der Waals surface area contributed by atoms with Gasteiger partial charge in [-0.15, -0.1) is 0 Å². The number of likely N-dealkylation sites (tertiary alicyclic amines) is 1. The van der Waals surface area contributed by atoms with E-state index in [0.29, 0.717) is 37.2 Å². The molecule has 4 N–H and O–H groups in total. The average Bonchev–Trinajstić information content (AvgIpc) is 3.42. The standard InChI is InChI=1S/C30H31ClFN5O3/c31-29-24(32)10-11-27(35-29)36-30(39)23-18-37(21-13-15-40-16-14-21)17-22(23)20-8-5-19(6-9-20)7-12-28(38)34-26-4-2-1-3-25(26)33/h1-12,21-23H,13-18,33H2,(H,34,38)(H,35,36,39). The van der Waals surface area contributed by atoms with Gasteiger partial charge in [-0.25, -0.2) is 9.37 Å². The summed E-state index contributed by atoms with van der Waals surface area (Å²) in [7, 11) is 0. The number of nitrogens with zero attached hydrogens (tertiary/aromatic N) is 2. The van der Waals surface area contributed by atoms with E-state index in [1.807, 2.05) is 24.3 Å². The molecule has 40 heavy (non-hydrogen) atoms. The molecule has 0 spiro atoms. The largest absolute Gasteiger partial charge is 0.397 e. The molecule has 1 aromatic heterocycles. The van der Waals surface area contributed by atoms with Crippen molar-refractivity contribution in [2.45, 2.75) is 24.8 Å². The highest BCUT2D eigenvalue weighted by Gasteiger charge is 2.41. The van der Waals surface area contributed by atoms with Gasteiger partial charge in [-0.05, 0) is 54.3 Å². The van der Waals surface area contributed by atoms with Crippen LogP contribution in [0, 0.1) is 11.7 Å². The third-order valence-electron chi connectivity index (χ3n) is 7.46. The van der Waals surface area contributed by atoms with Crippen LogP contribution in [0.2, 0.25) is 5.15 Å². The number of nitrogens with two attached hydrogens (primary N) is 1. The predicted octanol–water partition coefficient (Wildman–Crippen LogP) is 4.94. The number of amides is 2. The van der Waals surface area contributed by atoms with Crippen molar-refractivity contribution in [3.05, 3.63) is 88.8 Å². The minimum Gasteiger partial charge on any atom is -0.397 e. The molecule has 2 fully saturated rings. The van der Waals surface area contributed by atoms with Gasteiger partial charge in [0.2, 0.25) is 11.8 Å². The Morgan fingerprint density at radius 1 is 1.02 bits per heavy atom. The fourth-order valence-electron chi connectivity index (χ4n) is 5.30. The van der Waals surface area contributed by atoms with Crippen molar-refractivity contribution in [2.24, 2.45) is 5.92 Å². The zero-order chi connectivity index (χ0) is 28.1. The van der Waals surface area contributed by atoms with Crippen molar-refractivity contribution in [3.63, 3.8) is 0 Å². The Morgan fingerprint density at radius 3 is 2.50 bits per heavy atom. The summed E-state index contributed by atoms with van der Waals surface area (Å²) in [5.74, 6) is -1.28. The Hall–Kier alpha value is -3.79. The van der Waals surface area contributed by atoms with Crippen molar-refractivity contribution in [2.75, 3.05) is 42.7 Å². The number of benzene rings is 2. The molecule has 0 bridgehead atoms. The van der Waals surface area contributed by atoms with Crippen molar-refractivity contribution in [3.8, 4) is 0 Å². The molecule has 5 rings (SSSR count). The molecule has 0 saturated carbocycles. The van der Waals surface area contributed by atoms with Gasteiger partial charge in [0.15, 0.2) is 11.0 Å². The zero-order valence-electron chi connectivity index (χ0n) is 21.9. The number of halogens is 2. The van der Waals surface area contributed by atoms with Gasteiger partial charge in [0.05, 0.1) is 17.3 Å². The van der Waals surface area contributed by atoms with E-state index in [9.17, 15) is 14.0 Å². The van der Waals surface area contributed by atoms with E-state index in [4.69, 9.17) is 22.1 Å². The molecule has 3 aromatic rings. The number of para-hydroxylation sites is 2. The van der Waals surface area contributed by atoms with Gasteiger partial charge in [-0.3, -0.25) is 14.5 Å². The van der Waals surface area contributed by atoms with Crippen molar-refractivity contribution in [1.29, 1.82) is 0 Å². The second-order valence-corrected chi connectivity index (χ2v) is 10.4. The smallest absolute Gasteiger partial charge is 0.248 e. The van der Waals surface area contributed by atoms with E-state index in [1.54, 1.807) is 30.3 Å². The van der Waals surface area contributed by atoms with E-state index in [-0.39, 0.29) is 34.6 Å². The SMILES string of the molecule is Nc1ccccc1NC(=O)C=Cc1ccc(C2CN(C3CCOCC3)CC2C(=O)Nc2ccc(F)c(Cl)n2)cc1. The van der Waals surface area contributed by atoms with E-state index in [1.165, 1.54) is 18.2 Å². The molecule has 3 heterocycles. The Kier molecular flexibility index (Phi) is 8.74. The number of carbonyl (C=O) groups excluding carboxylic acids is 2. The normalized spacial score (nSPS) is 20.1. The minimum absolute atomic E-state index is 0.0545. The van der Waals surface area contributed by atoms with Crippen LogP contribution in [0.1, 0.15) is 29.9 Å². The molecule has 2 unspecified atom stereocenters. The summed E-state index contributed by atoms with van der Waals surface area (Å²) >= 11 is 5.82. The van der Waals surface area contributed by atoms with Crippen LogP contribution < -0.4 is 16.4 Å². The maximum atomic E-state index is 13.6. The summed E-state index contributed by atoms with van der Waals surface area (Å²) in [4.78, 5) is 32.1. The Bertz CT molecular complexity index is 1390. The predicted molar refractivity (Wildman–Crippen MR) is 154 cm³/mol. The molecule has 2 aromatic carbocycles. The number of anilines is 3. The molecule has 0 radical (unpaired) electrons. The summed E-state index contributed by atoms with van der Waals surface area (Å²) in [6, 6.07) is 17.9. The molecule has 2 amide bonds. The lowest BCUT2D eigenvalue weighted by atomic mass is 9.88. The first-order chi connectivity index (χ1) is 19.4. The number of carbonyl (C=O) groups is 2.